The highest BCUT2D eigenvalue weighted by atomic mass is 35.5. The van der Waals surface area contributed by atoms with Crippen molar-refractivity contribution in [2.24, 2.45) is 5.92 Å². The number of hydrogen-bond donors (Lipinski definition) is 2. The maximum atomic E-state index is 11.9. The summed E-state index contributed by atoms with van der Waals surface area (Å²) < 4.78 is 0. The van der Waals surface area contributed by atoms with E-state index in [1.165, 1.54) is 0 Å². The molecule has 1 fully saturated rings. The Morgan fingerprint density at radius 2 is 2.05 bits per heavy atom. The topological polar surface area (TPSA) is 58.2 Å². The average Bonchev–Trinajstić information content (AvgIpc) is 2.31. The van der Waals surface area contributed by atoms with Gasteiger partial charge in [0.1, 0.15) is 0 Å². The summed E-state index contributed by atoms with van der Waals surface area (Å²) in [6.07, 6.45) is 4.27. The van der Waals surface area contributed by atoms with Crippen molar-refractivity contribution in [3.63, 3.8) is 0 Å². The van der Waals surface area contributed by atoms with Crippen LogP contribution in [0, 0.1) is 5.92 Å². The molecule has 2 rings (SSSR count). The Kier molecular flexibility index (Phi) is 5.01. The maximum absolute atomic E-state index is 11.9. The summed E-state index contributed by atoms with van der Waals surface area (Å²) in [5.74, 6) is 0.0747. The van der Waals surface area contributed by atoms with Gasteiger partial charge in [0, 0.05) is 18.0 Å². The molecule has 0 heterocycles. The lowest BCUT2D eigenvalue weighted by Gasteiger charge is -2.24. The van der Waals surface area contributed by atoms with Gasteiger partial charge >= 0.3 is 0 Å². The van der Waals surface area contributed by atoms with Gasteiger partial charge in [-0.15, -0.1) is 0 Å². The number of rotatable bonds is 5. The van der Waals surface area contributed by atoms with Crippen LogP contribution in [0.25, 0.3) is 0 Å². The fraction of sp³-hybridized carbons (Fsp3) is 0.467. The molecule has 0 aliphatic heterocycles. The molecule has 0 atom stereocenters. The number of carbonyl (C=O) groups is 2. The molecule has 20 heavy (non-hydrogen) atoms. The van der Waals surface area contributed by atoms with Crippen molar-refractivity contribution >= 4 is 34.8 Å². The van der Waals surface area contributed by atoms with Crippen LogP contribution in [-0.2, 0) is 9.59 Å². The SMILES string of the molecule is CCCC(=O)Nc1ccc(Cl)c(NC(=O)C2CCC2)c1. The molecule has 0 bridgehead atoms. The third kappa shape index (κ3) is 3.73. The predicted molar refractivity (Wildman–Crippen MR) is 81.0 cm³/mol. The highest BCUT2D eigenvalue weighted by Crippen LogP contribution is 2.30. The van der Waals surface area contributed by atoms with E-state index < -0.39 is 0 Å². The third-order valence-electron chi connectivity index (χ3n) is 3.46. The molecule has 1 aromatic rings. The van der Waals surface area contributed by atoms with Crippen molar-refractivity contribution in [3.05, 3.63) is 23.2 Å². The zero-order valence-corrected chi connectivity index (χ0v) is 12.3. The van der Waals surface area contributed by atoms with Crippen LogP contribution >= 0.6 is 11.6 Å². The molecule has 0 radical (unpaired) electrons. The van der Waals surface area contributed by atoms with E-state index in [4.69, 9.17) is 11.6 Å². The number of hydrogen-bond acceptors (Lipinski definition) is 2. The molecular formula is C15H19ClN2O2. The molecule has 2 N–H and O–H groups in total. The Labute approximate surface area is 123 Å². The minimum Gasteiger partial charge on any atom is -0.326 e. The van der Waals surface area contributed by atoms with Crippen LogP contribution in [0.1, 0.15) is 39.0 Å². The van der Waals surface area contributed by atoms with E-state index >= 15 is 0 Å². The summed E-state index contributed by atoms with van der Waals surface area (Å²) in [5.41, 5.74) is 1.20. The molecule has 1 saturated carbocycles. The first-order chi connectivity index (χ1) is 9.60. The van der Waals surface area contributed by atoms with Gasteiger partial charge < -0.3 is 10.6 Å². The first-order valence-electron chi connectivity index (χ1n) is 7.00. The largest absolute Gasteiger partial charge is 0.326 e. The van der Waals surface area contributed by atoms with E-state index in [9.17, 15) is 9.59 Å². The Morgan fingerprint density at radius 1 is 1.30 bits per heavy atom. The molecule has 0 saturated heterocycles. The lowest BCUT2D eigenvalue weighted by molar-refractivity contribution is -0.122. The molecule has 108 valence electrons. The second kappa shape index (κ2) is 6.75. The predicted octanol–water partition coefficient (Wildman–Crippen LogP) is 3.82. The quantitative estimate of drug-likeness (QED) is 0.867. The van der Waals surface area contributed by atoms with E-state index in [1.54, 1.807) is 18.2 Å². The van der Waals surface area contributed by atoms with Gasteiger partial charge in [-0.25, -0.2) is 0 Å². The van der Waals surface area contributed by atoms with E-state index in [-0.39, 0.29) is 17.7 Å². The van der Waals surface area contributed by atoms with Crippen molar-refractivity contribution in [1.82, 2.24) is 0 Å². The van der Waals surface area contributed by atoms with Gasteiger partial charge in [0.05, 0.1) is 10.7 Å². The Balaban J connectivity index is 2.03. The summed E-state index contributed by atoms with van der Waals surface area (Å²) in [7, 11) is 0. The highest BCUT2D eigenvalue weighted by Gasteiger charge is 2.25. The van der Waals surface area contributed by atoms with Gasteiger partial charge in [-0.05, 0) is 37.5 Å². The number of amides is 2. The third-order valence-corrected chi connectivity index (χ3v) is 3.79. The molecule has 0 aromatic heterocycles. The van der Waals surface area contributed by atoms with Crippen molar-refractivity contribution in [3.8, 4) is 0 Å². The van der Waals surface area contributed by atoms with E-state index in [1.807, 2.05) is 6.92 Å². The molecule has 1 aromatic carbocycles. The zero-order valence-electron chi connectivity index (χ0n) is 11.5. The monoisotopic (exact) mass is 294 g/mol. The fourth-order valence-corrected chi connectivity index (χ4v) is 2.22. The fourth-order valence-electron chi connectivity index (χ4n) is 2.05. The second-order valence-electron chi connectivity index (χ2n) is 5.11. The van der Waals surface area contributed by atoms with E-state index in [0.29, 0.717) is 22.8 Å². The van der Waals surface area contributed by atoms with Crippen molar-refractivity contribution in [2.75, 3.05) is 10.6 Å². The summed E-state index contributed by atoms with van der Waals surface area (Å²) in [5, 5.41) is 6.11. The van der Waals surface area contributed by atoms with Crippen LogP contribution in [0.15, 0.2) is 18.2 Å². The molecule has 5 heteroatoms. The van der Waals surface area contributed by atoms with Gasteiger partial charge in [0.25, 0.3) is 0 Å². The van der Waals surface area contributed by atoms with E-state index in [0.717, 1.165) is 25.7 Å². The second-order valence-corrected chi connectivity index (χ2v) is 5.52. The minimum absolute atomic E-state index is 0.00943. The standard InChI is InChI=1S/C15H19ClN2O2/c1-2-4-14(19)17-11-7-8-12(16)13(9-11)18-15(20)10-5-3-6-10/h7-10H,2-6H2,1H3,(H,17,19)(H,18,20). The van der Waals surface area contributed by atoms with E-state index in [2.05, 4.69) is 10.6 Å². The first kappa shape index (κ1) is 14.9. The minimum atomic E-state index is -0.0360. The number of halogens is 1. The smallest absolute Gasteiger partial charge is 0.227 e. The van der Waals surface area contributed by atoms with Crippen LogP contribution in [0.4, 0.5) is 11.4 Å². The average molecular weight is 295 g/mol. The Bertz CT molecular complexity index is 513. The maximum Gasteiger partial charge on any atom is 0.227 e. The lowest BCUT2D eigenvalue weighted by atomic mass is 9.85. The van der Waals surface area contributed by atoms with Crippen molar-refractivity contribution < 1.29 is 9.59 Å². The van der Waals surface area contributed by atoms with Crippen LogP contribution in [0.2, 0.25) is 5.02 Å². The van der Waals surface area contributed by atoms with Crippen LogP contribution in [0.3, 0.4) is 0 Å². The van der Waals surface area contributed by atoms with Gasteiger partial charge in [0.2, 0.25) is 11.8 Å². The van der Waals surface area contributed by atoms with Gasteiger partial charge in [-0.1, -0.05) is 24.9 Å². The number of carbonyl (C=O) groups excluding carboxylic acids is 2. The molecule has 0 unspecified atom stereocenters. The highest BCUT2D eigenvalue weighted by molar-refractivity contribution is 6.33. The van der Waals surface area contributed by atoms with Gasteiger partial charge in [0.15, 0.2) is 0 Å². The molecule has 1 aliphatic carbocycles. The van der Waals surface area contributed by atoms with Gasteiger partial charge in [-0.3, -0.25) is 9.59 Å². The number of benzene rings is 1. The molecule has 1 aliphatic rings. The summed E-state index contributed by atoms with van der Waals surface area (Å²) in [6, 6.07) is 5.11. The van der Waals surface area contributed by atoms with Crippen LogP contribution in [-0.4, -0.2) is 11.8 Å². The summed E-state index contributed by atoms with van der Waals surface area (Å²) >= 11 is 6.08. The normalized spacial score (nSPS) is 14.5. The molecular weight excluding hydrogens is 276 g/mol. The Morgan fingerprint density at radius 3 is 2.65 bits per heavy atom. The number of anilines is 2. The Hall–Kier alpha value is -1.55. The zero-order chi connectivity index (χ0) is 14.5. The van der Waals surface area contributed by atoms with Gasteiger partial charge in [-0.2, -0.15) is 0 Å². The first-order valence-corrected chi connectivity index (χ1v) is 7.38. The van der Waals surface area contributed by atoms with Crippen LogP contribution in [0.5, 0.6) is 0 Å². The van der Waals surface area contributed by atoms with Crippen molar-refractivity contribution in [2.45, 2.75) is 39.0 Å². The molecule has 4 nitrogen and oxygen atoms in total. The van der Waals surface area contributed by atoms with Crippen molar-refractivity contribution in [1.29, 1.82) is 0 Å². The molecule has 0 spiro atoms. The lowest BCUT2D eigenvalue weighted by Crippen LogP contribution is -2.28. The summed E-state index contributed by atoms with van der Waals surface area (Å²) in [4.78, 5) is 23.5. The summed E-state index contributed by atoms with van der Waals surface area (Å²) in [6.45, 7) is 1.95. The van der Waals surface area contributed by atoms with Crippen LogP contribution < -0.4 is 10.6 Å². The number of nitrogens with one attached hydrogen (secondary N) is 2. The molecule has 2 amide bonds.